The van der Waals surface area contributed by atoms with E-state index in [4.69, 9.17) is 9.47 Å². The Morgan fingerprint density at radius 3 is 1.69 bits per heavy atom. The standard InChI is InChI=1S/C35H65N3O5.C16H34/c1-4-7-9-11-12-16-22-32(21-15-10-8-5-2)35(41)43-28-20-17-23-33(40)29-37(25-18-13-14-19-27-42-31-39)30-34-36-24-26-38(34)6-3;1-4-6-8-10-11-13-15-16(3)14-12-9-7-5-2/h24,26,31-33,40H,4-23,25,27-30H2,1-3H3;16H,4-15H2,1-3H3. The van der Waals surface area contributed by atoms with Gasteiger partial charge < -0.3 is 19.1 Å². The summed E-state index contributed by atoms with van der Waals surface area (Å²) in [6.45, 7) is 18.1. The Labute approximate surface area is 366 Å². The van der Waals surface area contributed by atoms with Gasteiger partial charge in [-0.2, -0.15) is 0 Å². The van der Waals surface area contributed by atoms with Gasteiger partial charge in [0, 0.05) is 25.5 Å². The Balaban J connectivity index is 0.00000176. The molecule has 1 N–H and O–H groups in total. The minimum absolute atomic E-state index is 0.0130. The summed E-state index contributed by atoms with van der Waals surface area (Å²) in [6, 6.07) is 0. The summed E-state index contributed by atoms with van der Waals surface area (Å²) < 4.78 is 12.7. The van der Waals surface area contributed by atoms with Crippen LogP contribution >= 0.6 is 0 Å². The summed E-state index contributed by atoms with van der Waals surface area (Å²) in [7, 11) is 0. The first-order valence-electron chi connectivity index (χ1n) is 25.5. The van der Waals surface area contributed by atoms with E-state index in [0.29, 0.717) is 39.2 Å². The molecule has 1 aromatic rings. The highest BCUT2D eigenvalue weighted by atomic mass is 16.5. The number of aliphatic hydroxyl groups excluding tert-OH is 1. The maximum atomic E-state index is 12.9. The topological polar surface area (TPSA) is 93.9 Å². The first-order valence-corrected chi connectivity index (χ1v) is 25.5. The van der Waals surface area contributed by atoms with Crippen LogP contribution in [0.1, 0.15) is 246 Å². The van der Waals surface area contributed by atoms with E-state index >= 15 is 0 Å². The molecule has 0 bridgehead atoms. The molecule has 8 nitrogen and oxygen atoms in total. The van der Waals surface area contributed by atoms with E-state index < -0.39 is 6.10 Å². The number of aromatic nitrogens is 2. The van der Waals surface area contributed by atoms with E-state index in [9.17, 15) is 14.7 Å². The average Bonchev–Trinajstić information content (AvgIpc) is 3.69. The predicted octanol–water partition coefficient (Wildman–Crippen LogP) is 14.2. The lowest BCUT2D eigenvalue weighted by Gasteiger charge is -2.25. The molecule has 0 saturated heterocycles. The molecule has 0 fully saturated rings. The number of esters is 1. The van der Waals surface area contributed by atoms with Crippen LogP contribution in [0.15, 0.2) is 12.4 Å². The van der Waals surface area contributed by atoms with E-state index in [0.717, 1.165) is 89.0 Å². The van der Waals surface area contributed by atoms with Crippen LogP contribution in [0.25, 0.3) is 0 Å². The highest BCUT2D eigenvalue weighted by Crippen LogP contribution is 2.21. The molecule has 0 aliphatic rings. The fourth-order valence-electron chi connectivity index (χ4n) is 8.00. The van der Waals surface area contributed by atoms with Gasteiger partial charge in [-0.25, -0.2) is 4.98 Å². The molecule has 0 amide bonds. The van der Waals surface area contributed by atoms with Crippen molar-refractivity contribution in [1.29, 1.82) is 0 Å². The second-order valence-corrected chi connectivity index (χ2v) is 17.7. The molecule has 0 radical (unpaired) electrons. The zero-order chi connectivity index (χ0) is 43.4. The second-order valence-electron chi connectivity index (χ2n) is 17.7. The summed E-state index contributed by atoms with van der Waals surface area (Å²) in [5.74, 6) is 2.02. The fraction of sp³-hybridized carbons (Fsp3) is 0.902. The van der Waals surface area contributed by atoms with Gasteiger partial charge in [0.2, 0.25) is 0 Å². The molecule has 0 saturated carbocycles. The number of ether oxygens (including phenoxy) is 2. The van der Waals surface area contributed by atoms with Crippen LogP contribution in [-0.4, -0.2) is 64.4 Å². The average molecular weight is 834 g/mol. The predicted molar refractivity (Wildman–Crippen MR) is 251 cm³/mol. The minimum atomic E-state index is -0.430. The number of aryl methyl sites for hydroxylation is 1. The molecule has 3 atom stereocenters. The number of nitrogens with zero attached hydrogens (tertiary/aromatic N) is 3. The summed E-state index contributed by atoms with van der Waals surface area (Å²) >= 11 is 0. The highest BCUT2D eigenvalue weighted by molar-refractivity contribution is 5.72. The van der Waals surface area contributed by atoms with Crippen LogP contribution in [0.2, 0.25) is 0 Å². The molecule has 1 heterocycles. The van der Waals surface area contributed by atoms with Crippen LogP contribution in [0.4, 0.5) is 0 Å². The summed E-state index contributed by atoms with van der Waals surface area (Å²) in [4.78, 5) is 30.0. The third-order valence-electron chi connectivity index (χ3n) is 12.0. The van der Waals surface area contributed by atoms with Gasteiger partial charge in [0.15, 0.2) is 0 Å². The number of unbranched alkanes of at least 4 members (excludes halogenated alkanes) is 20. The quantitative estimate of drug-likeness (QED) is 0.0398. The third kappa shape index (κ3) is 36.4. The van der Waals surface area contributed by atoms with Crippen LogP contribution < -0.4 is 0 Å². The van der Waals surface area contributed by atoms with E-state index in [1.807, 2.05) is 12.4 Å². The number of rotatable bonds is 43. The summed E-state index contributed by atoms with van der Waals surface area (Å²) in [5, 5.41) is 10.9. The van der Waals surface area contributed by atoms with Crippen molar-refractivity contribution in [2.75, 3.05) is 26.3 Å². The van der Waals surface area contributed by atoms with E-state index in [1.165, 1.54) is 128 Å². The Morgan fingerprint density at radius 1 is 0.661 bits per heavy atom. The highest BCUT2D eigenvalue weighted by Gasteiger charge is 2.20. The van der Waals surface area contributed by atoms with Crippen molar-refractivity contribution >= 4 is 12.4 Å². The number of imidazole rings is 1. The molecule has 0 spiro atoms. The number of hydrogen-bond donors (Lipinski definition) is 1. The first kappa shape index (κ1) is 57.1. The van der Waals surface area contributed by atoms with Crippen LogP contribution in [0, 0.1) is 11.8 Å². The van der Waals surface area contributed by atoms with Gasteiger partial charge in [-0.1, -0.05) is 189 Å². The van der Waals surface area contributed by atoms with E-state index in [2.05, 4.69) is 56.0 Å². The molecule has 3 unspecified atom stereocenters. The summed E-state index contributed by atoms with van der Waals surface area (Å²) in [5.41, 5.74) is 0. The Morgan fingerprint density at radius 2 is 1.14 bits per heavy atom. The molecular weight excluding hydrogens is 735 g/mol. The Bertz CT molecular complexity index is 1020. The van der Waals surface area contributed by atoms with Gasteiger partial charge in [-0.3, -0.25) is 14.5 Å². The molecule has 0 aliphatic carbocycles. The van der Waals surface area contributed by atoms with Gasteiger partial charge >= 0.3 is 5.97 Å². The molecule has 0 aromatic carbocycles. The SMILES string of the molecule is CCCCCCCCC(C)CCCCCC.CCCCCCCCC(CCCCCC)C(=O)OCCCCC(O)CN(CCCCCCOC=O)Cc1nccn1CC. The zero-order valence-electron chi connectivity index (χ0n) is 40.0. The van der Waals surface area contributed by atoms with Crippen molar-refractivity contribution in [2.24, 2.45) is 11.8 Å². The third-order valence-corrected chi connectivity index (χ3v) is 12.0. The Hall–Kier alpha value is -1.93. The molecule has 348 valence electrons. The van der Waals surface area contributed by atoms with Crippen molar-refractivity contribution in [1.82, 2.24) is 14.5 Å². The molecular formula is C51H99N3O5. The zero-order valence-corrected chi connectivity index (χ0v) is 40.0. The van der Waals surface area contributed by atoms with Crippen molar-refractivity contribution in [2.45, 2.75) is 260 Å². The maximum absolute atomic E-state index is 12.9. The van der Waals surface area contributed by atoms with Gasteiger partial charge in [0.05, 0.1) is 31.8 Å². The number of carbonyl (C=O) groups is 2. The number of hydrogen-bond acceptors (Lipinski definition) is 7. The largest absolute Gasteiger partial charge is 0.468 e. The second kappa shape index (κ2) is 44.1. The lowest BCUT2D eigenvalue weighted by atomic mass is 9.94. The molecule has 8 heteroatoms. The number of aliphatic hydroxyl groups is 1. The fourth-order valence-corrected chi connectivity index (χ4v) is 8.00. The monoisotopic (exact) mass is 834 g/mol. The van der Waals surface area contributed by atoms with Crippen molar-refractivity contribution in [3.8, 4) is 0 Å². The van der Waals surface area contributed by atoms with Crippen molar-refractivity contribution in [3.05, 3.63) is 18.2 Å². The van der Waals surface area contributed by atoms with Gasteiger partial charge in [-0.05, 0) is 64.3 Å². The van der Waals surface area contributed by atoms with Gasteiger partial charge in [0.1, 0.15) is 5.82 Å². The van der Waals surface area contributed by atoms with Gasteiger partial charge in [-0.15, -0.1) is 0 Å². The van der Waals surface area contributed by atoms with E-state index in [1.54, 1.807) is 0 Å². The van der Waals surface area contributed by atoms with Crippen molar-refractivity contribution < 1.29 is 24.2 Å². The normalized spacial score (nSPS) is 12.9. The van der Waals surface area contributed by atoms with Crippen LogP contribution in [0.5, 0.6) is 0 Å². The summed E-state index contributed by atoms with van der Waals surface area (Å²) in [6.07, 6.45) is 41.1. The van der Waals surface area contributed by atoms with Crippen LogP contribution in [0.3, 0.4) is 0 Å². The lowest BCUT2D eigenvalue weighted by molar-refractivity contribution is -0.149. The van der Waals surface area contributed by atoms with Crippen LogP contribution in [-0.2, 0) is 32.2 Å². The molecule has 59 heavy (non-hydrogen) atoms. The smallest absolute Gasteiger partial charge is 0.308 e. The molecule has 1 rings (SSSR count). The molecule has 1 aromatic heterocycles. The first-order chi connectivity index (χ1) is 28.9. The van der Waals surface area contributed by atoms with Crippen molar-refractivity contribution in [3.63, 3.8) is 0 Å². The lowest BCUT2D eigenvalue weighted by Crippen LogP contribution is -2.34. The maximum Gasteiger partial charge on any atom is 0.308 e. The molecule has 0 aliphatic heterocycles. The van der Waals surface area contributed by atoms with Gasteiger partial charge in [0.25, 0.3) is 6.47 Å². The van der Waals surface area contributed by atoms with E-state index in [-0.39, 0.29) is 11.9 Å². The minimum Gasteiger partial charge on any atom is -0.468 e. The number of carbonyl (C=O) groups excluding carboxylic acids is 2. The Kier molecular flexibility index (Phi) is 42.7.